The number of hydrogen-bond donors (Lipinski definition) is 1. The van der Waals surface area contributed by atoms with E-state index in [0.717, 1.165) is 27.9 Å². The highest BCUT2D eigenvalue weighted by Crippen LogP contribution is 2.27. The van der Waals surface area contributed by atoms with Crippen LogP contribution in [0.15, 0.2) is 22.7 Å². The van der Waals surface area contributed by atoms with E-state index in [9.17, 15) is 0 Å². The molecule has 1 aromatic rings. The van der Waals surface area contributed by atoms with Gasteiger partial charge in [-0.05, 0) is 30.2 Å². The van der Waals surface area contributed by atoms with Crippen LogP contribution < -0.4 is 5.73 Å². The van der Waals surface area contributed by atoms with Gasteiger partial charge >= 0.3 is 0 Å². The van der Waals surface area contributed by atoms with Gasteiger partial charge in [0, 0.05) is 15.5 Å². The first-order chi connectivity index (χ1) is 6.15. The summed E-state index contributed by atoms with van der Waals surface area (Å²) in [4.78, 5) is 0. The quantitative estimate of drug-likeness (QED) is 0.878. The van der Waals surface area contributed by atoms with Crippen LogP contribution in [0, 0.1) is 0 Å². The highest BCUT2D eigenvalue weighted by atomic mass is 79.9. The molecule has 0 aromatic heterocycles. The summed E-state index contributed by atoms with van der Waals surface area (Å²) in [7, 11) is 0. The Labute approximate surface area is 92.4 Å². The SMILES string of the molecule is CCC[C@@H](N)c1cc(Br)ccc1Cl. The van der Waals surface area contributed by atoms with Crippen LogP contribution in [0.3, 0.4) is 0 Å². The Morgan fingerprint density at radius 2 is 2.23 bits per heavy atom. The van der Waals surface area contributed by atoms with Gasteiger partial charge in [-0.3, -0.25) is 0 Å². The van der Waals surface area contributed by atoms with Crippen molar-refractivity contribution < 1.29 is 0 Å². The highest BCUT2D eigenvalue weighted by Gasteiger charge is 2.09. The minimum atomic E-state index is 0.0509. The molecule has 3 heteroatoms. The molecule has 0 heterocycles. The lowest BCUT2D eigenvalue weighted by molar-refractivity contribution is 0.638. The average Bonchev–Trinajstić information content (AvgIpc) is 2.09. The monoisotopic (exact) mass is 261 g/mol. The minimum Gasteiger partial charge on any atom is -0.324 e. The molecule has 0 saturated heterocycles. The fraction of sp³-hybridized carbons (Fsp3) is 0.400. The summed E-state index contributed by atoms with van der Waals surface area (Å²) in [6.45, 7) is 2.12. The van der Waals surface area contributed by atoms with Crippen LogP contribution in [0.25, 0.3) is 0 Å². The van der Waals surface area contributed by atoms with Gasteiger partial charge in [0.15, 0.2) is 0 Å². The predicted octanol–water partition coefficient (Wildman–Crippen LogP) is 3.90. The summed E-state index contributed by atoms with van der Waals surface area (Å²) in [6.07, 6.45) is 2.04. The first-order valence-corrected chi connectivity index (χ1v) is 5.52. The summed E-state index contributed by atoms with van der Waals surface area (Å²) in [5.41, 5.74) is 7.00. The van der Waals surface area contributed by atoms with Crippen molar-refractivity contribution >= 4 is 27.5 Å². The molecule has 2 N–H and O–H groups in total. The zero-order valence-corrected chi connectivity index (χ0v) is 9.90. The van der Waals surface area contributed by atoms with Gasteiger partial charge in [-0.25, -0.2) is 0 Å². The number of rotatable bonds is 3. The lowest BCUT2D eigenvalue weighted by Crippen LogP contribution is -2.10. The second-order valence-electron chi connectivity index (χ2n) is 3.06. The van der Waals surface area contributed by atoms with Crippen LogP contribution in [0.4, 0.5) is 0 Å². The smallest absolute Gasteiger partial charge is 0.0454 e. The van der Waals surface area contributed by atoms with Crippen LogP contribution in [0.2, 0.25) is 5.02 Å². The lowest BCUT2D eigenvalue weighted by Gasteiger charge is -2.12. The summed E-state index contributed by atoms with van der Waals surface area (Å²) in [5, 5.41) is 0.754. The van der Waals surface area contributed by atoms with Gasteiger partial charge in [0.1, 0.15) is 0 Å². The van der Waals surface area contributed by atoms with Gasteiger partial charge in [0.2, 0.25) is 0 Å². The fourth-order valence-electron chi connectivity index (χ4n) is 1.27. The van der Waals surface area contributed by atoms with Crippen molar-refractivity contribution in [1.82, 2.24) is 0 Å². The molecule has 1 rings (SSSR count). The molecule has 0 radical (unpaired) electrons. The van der Waals surface area contributed by atoms with E-state index in [1.54, 1.807) is 0 Å². The predicted molar refractivity (Wildman–Crippen MR) is 61.0 cm³/mol. The lowest BCUT2D eigenvalue weighted by atomic mass is 10.0. The zero-order valence-electron chi connectivity index (χ0n) is 7.56. The maximum Gasteiger partial charge on any atom is 0.0454 e. The molecule has 0 aliphatic carbocycles. The Morgan fingerprint density at radius 3 is 2.85 bits per heavy atom. The summed E-state index contributed by atoms with van der Waals surface area (Å²) >= 11 is 9.43. The average molecular weight is 263 g/mol. The summed E-state index contributed by atoms with van der Waals surface area (Å²) < 4.78 is 1.03. The Hall–Kier alpha value is -0.0500. The van der Waals surface area contributed by atoms with Crippen LogP contribution >= 0.6 is 27.5 Å². The van der Waals surface area contributed by atoms with Crippen molar-refractivity contribution in [3.8, 4) is 0 Å². The van der Waals surface area contributed by atoms with E-state index in [1.165, 1.54) is 0 Å². The van der Waals surface area contributed by atoms with E-state index in [2.05, 4.69) is 22.9 Å². The first kappa shape index (κ1) is 11.0. The fourth-order valence-corrected chi connectivity index (χ4v) is 1.90. The molecule has 0 fully saturated rings. The minimum absolute atomic E-state index is 0.0509. The van der Waals surface area contributed by atoms with Gasteiger partial charge in [0.25, 0.3) is 0 Å². The maximum absolute atomic E-state index is 6.03. The van der Waals surface area contributed by atoms with Gasteiger partial charge in [-0.2, -0.15) is 0 Å². The third kappa shape index (κ3) is 2.97. The Bertz CT molecular complexity index is 288. The number of benzene rings is 1. The van der Waals surface area contributed by atoms with E-state index >= 15 is 0 Å². The molecule has 1 aromatic carbocycles. The molecule has 0 spiro atoms. The molecule has 13 heavy (non-hydrogen) atoms. The highest BCUT2D eigenvalue weighted by molar-refractivity contribution is 9.10. The molecule has 0 aliphatic rings. The third-order valence-electron chi connectivity index (χ3n) is 1.96. The van der Waals surface area contributed by atoms with Crippen LogP contribution in [-0.4, -0.2) is 0 Å². The summed E-state index contributed by atoms with van der Waals surface area (Å²) in [5.74, 6) is 0. The van der Waals surface area contributed by atoms with Crippen molar-refractivity contribution in [2.24, 2.45) is 5.73 Å². The second kappa shape index (κ2) is 4.99. The Balaban J connectivity index is 2.91. The van der Waals surface area contributed by atoms with E-state index in [0.29, 0.717) is 0 Å². The molecule has 0 unspecified atom stereocenters. The molecule has 1 atom stereocenters. The van der Waals surface area contributed by atoms with Crippen LogP contribution in [-0.2, 0) is 0 Å². The maximum atomic E-state index is 6.03. The first-order valence-electron chi connectivity index (χ1n) is 4.35. The van der Waals surface area contributed by atoms with Crippen molar-refractivity contribution in [3.05, 3.63) is 33.3 Å². The van der Waals surface area contributed by atoms with Crippen molar-refractivity contribution in [3.63, 3.8) is 0 Å². The Morgan fingerprint density at radius 1 is 1.54 bits per heavy atom. The standard InChI is InChI=1S/C10H13BrClN/c1-2-3-10(13)8-6-7(11)4-5-9(8)12/h4-6,10H,2-3,13H2,1H3/t10-/m1/s1. The molecule has 1 nitrogen and oxygen atoms in total. The second-order valence-corrected chi connectivity index (χ2v) is 4.38. The molecule has 0 amide bonds. The van der Waals surface area contributed by atoms with Gasteiger partial charge in [-0.1, -0.05) is 40.9 Å². The third-order valence-corrected chi connectivity index (χ3v) is 2.79. The van der Waals surface area contributed by atoms with Gasteiger partial charge in [-0.15, -0.1) is 0 Å². The van der Waals surface area contributed by atoms with Gasteiger partial charge in [0.05, 0.1) is 0 Å². The molecule has 72 valence electrons. The van der Waals surface area contributed by atoms with Crippen molar-refractivity contribution in [1.29, 1.82) is 0 Å². The molecular weight excluding hydrogens is 249 g/mol. The van der Waals surface area contributed by atoms with Gasteiger partial charge < -0.3 is 5.73 Å². The van der Waals surface area contributed by atoms with Crippen LogP contribution in [0.1, 0.15) is 31.4 Å². The van der Waals surface area contributed by atoms with E-state index in [1.807, 2.05) is 18.2 Å². The Kier molecular flexibility index (Phi) is 4.23. The normalized spacial score (nSPS) is 12.9. The number of halogens is 2. The topological polar surface area (TPSA) is 26.0 Å². The van der Waals surface area contributed by atoms with E-state index in [-0.39, 0.29) is 6.04 Å². The van der Waals surface area contributed by atoms with Crippen LogP contribution in [0.5, 0.6) is 0 Å². The van der Waals surface area contributed by atoms with E-state index < -0.39 is 0 Å². The molecule has 0 saturated carbocycles. The summed E-state index contributed by atoms with van der Waals surface area (Å²) in [6, 6.07) is 5.83. The number of hydrogen-bond acceptors (Lipinski definition) is 1. The largest absolute Gasteiger partial charge is 0.324 e. The van der Waals surface area contributed by atoms with Crippen molar-refractivity contribution in [2.75, 3.05) is 0 Å². The van der Waals surface area contributed by atoms with Crippen molar-refractivity contribution in [2.45, 2.75) is 25.8 Å². The molecular formula is C10H13BrClN. The molecule has 0 bridgehead atoms. The number of nitrogens with two attached hydrogens (primary N) is 1. The zero-order chi connectivity index (χ0) is 9.84. The van der Waals surface area contributed by atoms with E-state index in [4.69, 9.17) is 17.3 Å². The molecule has 0 aliphatic heterocycles.